The summed E-state index contributed by atoms with van der Waals surface area (Å²) in [6.45, 7) is 0. The highest BCUT2D eigenvalue weighted by atomic mass is 16.6. The second-order valence-corrected chi connectivity index (χ2v) is 2.29. The van der Waals surface area contributed by atoms with Crippen LogP contribution in [0.15, 0.2) is 0 Å². The van der Waals surface area contributed by atoms with E-state index in [4.69, 9.17) is 17.2 Å². The Morgan fingerprint density at radius 3 is 2.36 bits per heavy atom. The fourth-order valence-electron chi connectivity index (χ4n) is 0.842. The van der Waals surface area contributed by atoms with Crippen LogP contribution in [0, 0.1) is 10.1 Å². The largest absolute Gasteiger partial charge is 0.378 e. The van der Waals surface area contributed by atoms with Crippen molar-refractivity contribution in [1.82, 2.24) is 9.97 Å². The zero-order valence-corrected chi connectivity index (χ0v) is 6.80. The third kappa shape index (κ3) is 1.50. The molecule has 0 aromatic carbocycles. The lowest BCUT2D eigenvalue weighted by Gasteiger charge is -2.01. The Bertz CT molecular complexity index is 416. The Hall–Kier alpha value is -2.45. The number of nitrogen functional groups attached to an aromatic ring is 2. The first-order valence-electron chi connectivity index (χ1n) is 3.30. The quantitative estimate of drug-likeness (QED) is 0.390. The van der Waals surface area contributed by atoms with E-state index < -0.39 is 28.0 Å². The van der Waals surface area contributed by atoms with E-state index in [1.54, 1.807) is 0 Å². The molecule has 0 bridgehead atoms. The topological polar surface area (TPSA) is 164 Å². The predicted molar refractivity (Wildman–Crippen MR) is 46.0 cm³/mol. The first kappa shape index (κ1) is 9.64. The number of primary amides is 1. The number of hydrogen-bond donors (Lipinski definition) is 3. The van der Waals surface area contributed by atoms with Gasteiger partial charge in [-0.3, -0.25) is 14.9 Å². The summed E-state index contributed by atoms with van der Waals surface area (Å²) in [5.74, 6) is -1.92. The molecule has 0 saturated heterocycles. The maximum atomic E-state index is 10.7. The minimum absolute atomic E-state index is 0.345. The number of nitrogens with zero attached hydrogens (tertiary/aromatic N) is 3. The Morgan fingerprint density at radius 1 is 1.36 bits per heavy atom. The van der Waals surface area contributed by atoms with Crippen molar-refractivity contribution in [3.63, 3.8) is 0 Å². The van der Waals surface area contributed by atoms with Crippen LogP contribution in [-0.4, -0.2) is 20.8 Å². The number of rotatable bonds is 2. The van der Waals surface area contributed by atoms with Crippen LogP contribution in [0.5, 0.6) is 0 Å². The lowest BCUT2D eigenvalue weighted by Crippen LogP contribution is -2.18. The molecule has 9 heteroatoms. The van der Waals surface area contributed by atoms with Crippen LogP contribution >= 0.6 is 0 Å². The number of nitrogens with two attached hydrogens (primary N) is 3. The van der Waals surface area contributed by atoms with Crippen molar-refractivity contribution in [1.29, 1.82) is 0 Å². The number of anilines is 2. The van der Waals surface area contributed by atoms with Crippen LogP contribution in [0.2, 0.25) is 0 Å². The number of carbonyl (C=O) groups excluding carboxylic acids is 1. The molecule has 0 aliphatic rings. The molecule has 0 fully saturated rings. The molecule has 1 amide bonds. The molecular formula is C5H6N6O3. The van der Waals surface area contributed by atoms with E-state index in [1.807, 2.05) is 0 Å². The van der Waals surface area contributed by atoms with Crippen molar-refractivity contribution < 1.29 is 9.72 Å². The zero-order valence-electron chi connectivity index (χ0n) is 6.80. The van der Waals surface area contributed by atoms with Crippen molar-refractivity contribution in [2.45, 2.75) is 0 Å². The minimum Gasteiger partial charge on any atom is -0.378 e. The van der Waals surface area contributed by atoms with Gasteiger partial charge in [0.15, 0.2) is 0 Å². The summed E-state index contributed by atoms with van der Waals surface area (Å²) in [5.41, 5.74) is 13.8. The molecule has 0 aliphatic heterocycles. The molecule has 74 valence electrons. The maximum absolute atomic E-state index is 10.7. The molecule has 1 rings (SSSR count). The van der Waals surface area contributed by atoms with Gasteiger partial charge in [0.1, 0.15) is 0 Å². The van der Waals surface area contributed by atoms with E-state index in [0.717, 1.165) is 0 Å². The number of carbonyl (C=O) groups is 1. The van der Waals surface area contributed by atoms with Crippen molar-refractivity contribution in [2.75, 3.05) is 11.5 Å². The van der Waals surface area contributed by atoms with Crippen molar-refractivity contribution in [2.24, 2.45) is 5.73 Å². The normalized spacial score (nSPS) is 9.71. The summed E-state index contributed by atoms with van der Waals surface area (Å²) in [5, 5.41) is 10.5. The Balaban J connectivity index is 3.52. The lowest BCUT2D eigenvalue weighted by molar-refractivity contribution is -0.384. The predicted octanol–water partition coefficient (Wildman–Crippen LogP) is -1.35. The SMILES string of the molecule is NC(=O)c1nc(N)nc(N)c1[N+](=O)[O-]. The first-order chi connectivity index (χ1) is 6.43. The average molecular weight is 198 g/mol. The average Bonchev–Trinajstić information content (AvgIpc) is 2.01. The lowest BCUT2D eigenvalue weighted by atomic mass is 10.3. The van der Waals surface area contributed by atoms with Gasteiger partial charge in [-0.15, -0.1) is 0 Å². The number of hydrogen-bond acceptors (Lipinski definition) is 7. The van der Waals surface area contributed by atoms with Crippen LogP contribution in [-0.2, 0) is 0 Å². The molecule has 0 saturated carbocycles. The Morgan fingerprint density at radius 2 is 1.93 bits per heavy atom. The molecule has 0 aliphatic carbocycles. The molecule has 0 radical (unpaired) electrons. The van der Waals surface area contributed by atoms with Gasteiger partial charge < -0.3 is 17.2 Å². The molecule has 1 heterocycles. The van der Waals surface area contributed by atoms with Crippen molar-refractivity contribution >= 4 is 23.4 Å². The van der Waals surface area contributed by atoms with Crippen LogP contribution in [0.25, 0.3) is 0 Å². The van der Waals surface area contributed by atoms with Gasteiger partial charge in [-0.25, -0.2) is 4.98 Å². The third-order valence-electron chi connectivity index (χ3n) is 1.34. The highest BCUT2D eigenvalue weighted by Crippen LogP contribution is 2.22. The molecule has 0 atom stereocenters. The van der Waals surface area contributed by atoms with E-state index in [1.165, 1.54) is 0 Å². The second-order valence-electron chi connectivity index (χ2n) is 2.29. The summed E-state index contributed by atoms with van der Waals surface area (Å²) in [6.07, 6.45) is 0. The van der Waals surface area contributed by atoms with Gasteiger partial charge in [0.2, 0.25) is 17.5 Å². The monoisotopic (exact) mass is 198 g/mol. The molecule has 9 nitrogen and oxygen atoms in total. The smallest absolute Gasteiger partial charge is 0.342 e. The van der Waals surface area contributed by atoms with E-state index in [-0.39, 0.29) is 5.95 Å². The van der Waals surface area contributed by atoms with Gasteiger partial charge in [0.25, 0.3) is 5.91 Å². The highest BCUT2D eigenvalue weighted by Gasteiger charge is 2.25. The number of amides is 1. The highest BCUT2D eigenvalue weighted by molar-refractivity contribution is 5.96. The third-order valence-corrected chi connectivity index (χ3v) is 1.34. The molecule has 14 heavy (non-hydrogen) atoms. The van der Waals surface area contributed by atoms with E-state index in [9.17, 15) is 14.9 Å². The summed E-state index contributed by atoms with van der Waals surface area (Å²) in [6, 6.07) is 0. The fourth-order valence-corrected chi connectivity index (χ4v) is 0.842. The van der Waals surface area contributed by atoms with Gasteiger partial charge in [0, 0.05) is 0 Å². The van der Waals surface area contributed by atoms with E-state index >= 15 is 0 Å². The summed E-state index contributed by atoms with van der Waals surface area (Å²) in [4.78, 5) is 27.0. The standard InChI is InChI=1S/C5H6N6O3/c6-3-2(11(13)14)1(4(7)12)9-5(8)10-3/h(H2,7,12)(H4,6,8,9,10). The second kappa shape index (κ2) is 3.12. The number of nitro groups is 1. The summed E-state index contributed by atoms with van der Waals surface area (Å²) >= 11 is 0. The van der Waals surface area contributed by atoms with Crippen LogP contribution < -0.4 is 17.2 Å². The summed E-state index contributed by atoms with van der Waals surface area (Å²) in [7, 11) is 0. The molecule has 1 aromatic rings. The minimum atomic E-state index is -1.09. The van der Waals surface area contributed by atoms with Crippen molar-refractivity contribution in [3.05, 3.63) is 15.8 Å². The molecule has 0 unspecified atom stereocenters. The van der Waals surface area contributed by atoms with E-state index in [2.05, 4.69) is 9.97 Å². The van der Waals surface area contributed by atoms with Gasteiger partial charge in [0.05, 0.1) is 4.92 Å². The van der Waals surface area contributed by atoms with Gasteiger partial charge in [-0.1, -0.05) is 0 Å². The summed E-state index contributed by atoms with van der Waals surface area (Å²) < 4.78 is 0. The molecular weight excluding hydrogens is 192 g/mol. The zero-order chi connectivity index (χ0) is 10.9. The van der Waals surface area contributed by atoms with Crippen molar-refractivity contribution in [3.8, 4) is 0 Å². The Kier molecular flexibility index (Phi) is 2.15. The Labute approximate surface area is 77.1 Å². The van der Waals surface area contributed by atoms with Crippen LogP contribution in [0.4, 0.5) is 17.5 Å². The molecule has 1 aromatic heterocycles. The number of aromatic nitrogens is 2. The van der Waals surface area contributed by atoms with Crippen LogP contribution in [0.3, 0.4) is 0 Å². The van der Waals surface area contributed by atoms with Crippen LogP contribution in [0.1, 0.15) is 10.5 Å². The molecule has 0 spiro atoms. The van der Waals surface area contributed by atoms with Gasteiger partial charge in [-0.05, 0) is 0 Å². The van der Waals surface area contributed by atoms with E-state index in [0.29, 0.717) is 0 Å². The maximum Gasteiger partial charge on any atom is 0.342 e. The van der Waals surface area contributed by atoms with Gasteiger partial charge >= 0.3 is 5.69 Å². The fraction of sp³-hybridized carbons (Fsp3) is 0. The van der Waals surface area contributed by atoms with Gasteiger partial charge in [-0.2, -0.15) is 4.98 Å². The molecule has 6 N–H and O–H groups in total. The first-order valence-corrected chi connectivity index (χ1v) is 3.30.